The van der Waals surface area contributed by atoms with Gasteiger partial charge in [-0.1, -0.05) is 78.9 Å². The second-order valence-electron chi connectivity index (χ2n) is 14.6. The standard InChI is InChI=1S/C39H42B2O6/c1-36(2)37(3,4)45-40(44-36)28-18-22-30(23-19-28)42-35(33-15-11-13-27-17-16-26-12-9-10-14-32(26)34(27)33)43-31-24-20-29(21-25-31)41-46-38(5,6)39(7,8)47-41/h9-25,35H,1-8H3. The molecule has 0 aromatic heterocycles. The molecule has 2 heterocycles. The Bertz CT molecular complexity index is 1800. The van der Waals surface area contributed by atoms with Gasteiger partial charge in [-0.2, -0.15) is 0 Å². The first kappa shape index (κ1) is 31.8. The van der Waals surface area contributed by atoms with E-state index in [1.807, 2.05) is 48.5 Å². The van der Waals surface area contributed by atoms with Crippen LogP contribution in [0.25, 0.3) is 21.5 Å². The van der Waals surface area contributed by atoms with Crippen LogP contribution in [0.5, 0.6) is 11.5 Å². The highest BCUT2D eigenvalue weighted by Crippen LogP contribution is 2.39. The number of benzene rings is 5. The first-order valence-electron chi connectivity index (χ1n) is 16.4. The molecule has 2 fully saturated rings. The molecule has 0 atom stereocenters. The number of fused-ring (bicyclic) bond motifs is 3. The molecule has 0 amide bonds. The quantitative estimate of drug-likeness (QED) is 0.104. The van der Waals surface area contributed by atoms with E-state index in [1.165, 1.54) is 0 Å². The van der Waals surface area contributed by atoms with Crippen LogP contribution in [-0.2, 0) is 18.6 Å². The van der Waals surface area contributed by atoms with E-state index in [0.29, 0.717) is 11.5 Å². The van der Waals surface area contributed by atoms with Gasteiger partial charge in [0.2, 0.25) is 0 Å². The van der Waals surface area contributed by atoms with E-state index < -0.39 is 42.9 Å². The number of hydrogen-bond donors (Lipinski definition) is 0. The fourth-order valence-corrected chi connectivity index (χ4v) is 6.05. The topological polar surface area (TPSA) is 55.4 Å². The van der Waals surface area contributed by atoms with E-state index in [-0.39, 0.29) is 0 Å². The molecule has 7 rings (SSSR count). The van der Waals surface area contributed by atoms with E-state index in [4.69, 9.17) is 28.1 Å². The third-order valence-electron chi connectivity index (χ3n) is 10.4. The average molecular weight is 628 g/mol. The zero-order valence-electron chi connectivity index (χ0n) is 28.5. The Kier molecular flexibility index (Phi) is 7.72. The predicted octanol–water partition coefficient (Wildman–Crippen LogP) is 7.75. The summed E-state index contributed by atoms with van der Waals surface area (Å²) >= 11 is 0. The van der Waals surface area contributed by atoms with Crippen LogP contribution in [0.15, 0.2) is 103 Å². The minimum Gasteiger partial charge on any atom is -0.451 e. The maximum atomic E-state index is 6.69. The van der Waals surface area contributed by atoms with E-state index in [1.54, 1.807) is 0 Å². The van der Waals surface area contributed by atoms with Gasteiger partial charge in [-0.15, -0.1) is 0 Å². The molecule has 6 nitrogen and oxygen atoms in total. The smallest absolute Gasteiger partial charge is 0.451 e. The van der Waals surface area contributed by atoms with Crippen molar-refractivity contribution in [2.45, 2.75) is 84.1 Å². The number of ether oxygens (including phenoxy) is 2. The summed E-state index contributed by atoms with van der Waals surface area (Å²) in [5.41, 5.74) is 1.14. The third kappa shape index (κ3) is 5.82. The number of rotatable bonds is 7. The normalized spacial score (nSPS) is 19.5. The fraction of sp³-hybridized carbons (Fsp3) is 0.333. The lowest BCUT2D eigenvalue weighted by atomic mass is 9.79. The largest absolute Gasteiger partial charge is 0.494 e. The molecule has 5 aromatic rings. The van der Waals surface area contributed by atoms with Gasteiger partial charge < -0.3 is 28.1 Å². The highest BCUT2D eigenvalue weighted by Gasteiger charge is 2.52. The molecule has 240 valence electrons. The molecule has 2 aliphatic heterocycles. The van der Waals surface area contributed by atoms with Crippen molar-refractivity contribution >= 4 is 46.7 Å². The zero-order chi connectivity index (χ0) is 33.2. The highest BCUT2D eigenvalue weighted by atomic mass is 16.7. The van der Waals surface area contributed by atoms with Gasteiger partial charge in [0, 0.05) is 10.9 Å². The molecular weight excluding hydrogens is 586 g/mol. The van der Waals surface area contributed by atoms with Crippen LogP contribution >= 0.6 is 0 Å². The Morgan fingerprint density at radius 2 is 0.894 bits per heavy atom. The maximum absolute atomic E-state index is 6.69. The van der Waals surface area contributed by atoms with E-state index in [9.17, 15) is 0 Å². The summed E-state index contributed by atoms with van der Waals surface area (Å²) in [5.74, 6) is 1.34. The Hall–Kier alpha value is -3.81. The van der Waals surface area contributed by atoms with Crippen LogP contribution in [0.3, 0.4) is 0 Å². The molecule has 0 bridgehead atoms. The molecule has 0 saturated carbocycles. The van der Waals surface area contributed by atoms with Crippen molar-refractivity contribution < 1.29 is 28.1 Å². The summed E-state index contributed by atoms with van der Waals surface area (Å²) in [6.45, 7) is 16.5. The van der Waals surface area contributed by atoms with Crippen LogP contribution in [0, 0.1) is 0 Å². The maximum Gasteiger partial charge on any atom is 0.494 e. The number of hydrogen-bond acceptors (Lipinski definition) is 6. The van der Waals surface area contributed by atoms with Crippen LogP contribution in [0.1, 0.15) is 67.2 Å². The second kappa shape index (κ2) is 11.4. The van der Waals surface area contributed by atoms with Crippen LogP contribution in [-0.4, -0.2) is 36.6 Å². The summed E-state index contributed by atoms with van der Waals surface area (Å²) in [4.78, 5) is 0. The fourth-order valence-electron chi connectivity index (χ4n) is 6.05. The lowest BCUT2D eigenvalue weighted by Crippen LogP contribution is -2.41. The van der Waals surface area contributed by atoms with Crippen LogP contribution in [0.4, 0.5) is 0 Å². The molecule has 0 radical (unpaired) electrons. The minimum atomic E-state index is -0.741. The molecule has 2 aliphatic rings. The minimum absolute atomic E-state index is 0.416. The molecule has 0 spiro atoms. The molecule has 0 unspecified atom stereocenters. The van der Waals surface area contributed by atoms with E-state index in [0.717, 1.165) is 38.0 Å². The van der Waals surface area contributed by atoms with E-state index in [2.05, 4.69) is 110 Å². The van der Waals surface area contributed by atoms with Gasteiger partial charge in [0.15, 0.2) is 0 Å². The predicted molar refractivity (Wildman–Crippen MR) is 190 cm³/mol. The molecule has 0 aliphatic carbocycles. The van der Waals surface area contributed by atoms with Gasteiger partial charge in [0.05, 0.1) is 22.4 Å². The van der Waals surface area contributed by atoms with Crippen molar-refractivity contribution in [2.75, 3.05) is 0 Å². The van der Waals surface area contributed by atoms with Crippen molar-refractivity contribution in [2.24, 2.45) is 0 Å². The van der Waals surface area contributed by atoms with Gasteiger partial charge >= 0.3 is 14.2 Å². The molecular formula is C39H42B2O6. The van der Waals surface area contributed by atoms with Crippen LogP contribution < -0.4 is 20.4 Å². The monoisotopic (exact) mass is 628 g/mol. The molecule has 47 heavy (non-hydrogen) atoms. The van der Waals surface area contributed by atoms with Crippen molar-refractivity contribution in [1.82, 2.24) is 0 Å². The molecule has 8 heteroatoms. The Morgan fingerprint density at radius 1 is 0.468 bits per heavy atom. The van der Waals surface area contributed by atoms with Crippen molar-refractivity contribution in [3.8, 4) is 11.5 Å². The SMILES string of the molecule is CC1(C)OB(c2ccc(OC(Oc3ccc(B4OC(C)(C)C(C)(C)O4)cc3)c3cccc4ccc5ccccc5c34)cc2)OC1(C)C. The van der Waals surface area contributed by atoms with Gasteiger partial charge in [0.1, 0.15) is 11.5 Å². The Labute approximate surface area is 278 Å². The first-order chi connectivity index (χ1) is 22.2. The highest BCUT2D eigenvalue weighted by molar-refractivity contribution is 6.62. The summed E-state index contributed by atoms with van der Waals surface area (Å²) in [7, 11) is -0.902. The second-order valence-corrected chi connectivity index (χ2v) is 14.6. The first-order valence-corrected chi connectivity index (χ1v) is 16.4. The molecule has 5 aromatic carbocycles. The molecule has 2 saturated heterocycles. The summed E-state index contributed by atoms with van der Waals surface area (Å²) in [6, 6.07) is 34.7. The van der Waals surface area contributed by atoms with Crippen LogP contribution in [0.2, 0.25) is 0 Å². The van der Waals surface area contributed by atoms with Gasteiger partial charge in [-0.25, -0.2) is 0 Å². The Balaban J connectivity index is 1.21. The lowest BCUT2D eigenvalue weighted by molar-refractivity contribution is 0.00509. The third-order valence-corrected chi connectivity index (χ3v) is 10.4. The average Bonchev–Trinajstić information content (AvgIpc) is 3.40. The van der Waals surface area contributed by atoms with Gasteiger partial charge in [-0.3, -0.25) is 0 Å². The van der Waals surface area contributed by atoms with Gasteiger partial charge in [0.25, 0.3) is 6.29 Å². The van der Waals surface area contributed by atoms with E-state index >= 15 is 0 Å². The van der Waals surface area contributed by atoms with Gasteiger partial charge in [-0.05, 0) is 107 Å². The van der Waals surface area contributed by atoms with Crippen molar-refractivity contribution in [3.63, 3.8) is 0 Å². The van der Waals surface area contributed by atoms with Crippen molar-refractivity contribution in [1.29, 1.82) is 0 Å². The zero-order valence-corrected chi connectivity index (χ0v) is 28.5. The summed E-state index contributed by atoms with van der Waals surface area (Å²) < 4.78 is 38.5. The van der Waals surface area contributed by atoms with Crippen molar-refractivity contribution in [3.05, 3.63) is 109 Å². The lowest BCUT2D eigenvalue weighted by Gasteiger charge is -2.32. The Morgan fingerprint density at radius 3 is 1.38 bits per heavy atom. The molecule has 0 N–H and O–H groups in total. The summed E-state index contributed by atoms with van der Waals surface area (Å²) in [5, 5.41) is 4.51. The summed E-state index contributed by atoms with van der Waals surface area (Å²) in [6.07, 6.45) is -0.741.